The highest BCUT2D eigenvalue weighted by Gasteiger charge is 2.14. The molecule has 0 bridgehead atoms. The monoisotopic (exact) mass is 278 g/mol. The zero-order chi connectivity index (χ0) is 14.7. The average molecular weight is 278 g/mol. The molecule has 0 unspecified atom stereocenters. The van der Waals surface area contributed by atoms with Crippen LogP contribution in [0.1, 0.15) is 10.4 Å². The fourth-order valence-corrected chi connectivity index (χ4v) is 1.63. The van der Waals surface area contributed by atoms with Gasteiger partial charge in [0.15, 0.2) is 11.6 Å². The lowest BCUT2D eigenvalue weighted by atomic mass is 10.1. The summed E-state index contributed by atoms with van der Waals surface area (Å²) in [4.78, 5) is 11.9. The molecular weight excluding hydrogens is 266 g/mol. The van der Waals surface area contributed by atoms with Gasteiger partial charge in [-0.15, -0.1) is 0 Å². The Labute approximate surface area is 114 Å². The minimum atomic E-state index is -1.13. The highest BCUT2D eigenvalue weighted by Crippen LogP contribution is 2.20. The third-order valence-corrected chi connectivity index (χ3v) is 2.68. The number of carbonyl (C=O) groups excluding carboxylic acids is 1. The highest BCUT2D eigenvalue weighted by atomic mass is 19.2. The fraction of sp³-hybridized carbons (Fsp3) is 0.0714. The zero-order valence-corrected chi connectivity index (χ0v) is 10.6. The van der Waals surface area contributed by atoms with Gasteiger partial charge in [-0.1, -0.05) is 0 Å². The zero-order valence-electron chi connectivity index (χ0n) is 10.6. The molecule has 20 heavy (non-hydrogen) atoms. The van der Waals surface area contributed by atoms with Crippen LogP contribution in [0.25, 0.3) is 0 Å². The standard InChI is InChI=1S/C14H12F2N2O2/c1-20-9-4-2-8(3-5-9)18-14(19)10-6-11(15)12(16)7-13(10)17/h2-7H,17H2,1H3,(H,18,19). The van der Waals surface area contributed by atoms with E-state index in [9.17, 15) is 13.6 Å². The molecule has 0 saturated carbocycles. The Bertz CT molecular complexity index is 642. The Hall–Kier alpha value is -2.63. The molecule has 0 aliphatic rings. The van der Waals surface area contributed by atoms with Gasteiger partial charge in [-0.2, -0.15) is 0 Å². The van der Waals surface area contributed by atoms with E-state index in [1.807, 2.05) is 0 Å². The number of carbonyl (C=O) groups is 1. The lowest BCUT2D eigenvalue weighted by Crippen LogP contribution is -2.14. The number of amides is 1. The van der Waals surface area contributed by atoms with Gasteiger partial charge in [-0.05, 0) is 30.3 Å². The van der Waals surface area contributed by atoms with Crippen molar-refractivity contribution in [2.24, 2.45) is 0 Å². The first kappa shape index (κ1) is 13.8. The number of methoxy groups -OCH3 is 1. The predicted octanol–water partition coefficient (Wildman–Crippen LogP) is 2.81. The lowest BCUT2D eigenvalue weighted by Gasteiger charge is -2.08. The third kappa shape index (κ3) is 2.85. The van der Waals surface area contributed by atoms with Gasteiger partial charge in [0.2, 0.25) is 0 Å². The maximum atomic E-state index is 13.1. The number of nitrogen functional groups attached to an aromatic ring is 1. The number of rotatable bonds is 3. The second kappa shape index (κ2) is 5.56. The van der Waals surface area contributed by atoms with Crippen molar-refractivity contribution in [3.05, 3.63) is 53.6 Å². The smallest absolute Gasteiger partial charge is 0.257 e. The molecule has 0 radical (unpaired) electrons. The summed E-state index contributed by atoms with van der Waals surface area (Å²) in [7, 11) is 1.52. The van der Waals surface area contributed by atoms with E-state index in [-0.39, 0.29) is 11.3 Å². The highest BCUT2D eigenvalue weighted by molar-refractivity contribution is 6.07. The lowest BCUT2D eigenvalue weighted by molar-refractivity contribution is 0.102. The van der Waals surface area contributed by atoms with Gasteiger partial charge in [0.05, 0.1) is 12.7 Å². The van der Waals surface area contributed by atoms with Gasteiger partial charge >= 0.3 is 0 Å². The molecule has 0 atom stereocenters. The molecule has 1 amide bonds. The summed E-state index contributed by atoms with van der Waals surface area (Å²) in [6.07, 6.45) is 0. The van der Waals surface area contributed by atoms with E-state index in [1.54, 1.807) is 24.3 Å². The van der Waals surface area contributed by atoms with Crippen LogP contribution < -0.4 is 15.8 Å². The minimum absolute atomic E-state index is 0.125. The number of anilines is 2. The summed E-state index contributed by atoms with van der Waals surface area (Å²) in [6.45, 7) is 0. The largest absolute Gasteiger partial charge is 0.497 e. The van der Waals surface area contributed by atoms with Crippen molar-refractivity contribution in [3.63, 3.8) is 0 Å². The second-order valence-electron chi connectivity index (χ2n) is 4.04. The molecule has 0 saturated heterocycles. The quantitative estimate of drug-likeness (QED) is 0.848. The molecule has 0 aliphatic heterocycles. The first-order valence-corrected chi connectivity index (χ1v) is 5.71. The van der Waals surface area contributed by atoms with Crippen molar-refractivity contribution in [1.82, 2.24) is 0 Å². The predicted molar refractivity (Wildman–Crippen MR) is 71.7 cm³/mol. The fourth-order valence-electron chi connectivity index (χ4n) is 1.63. The first-order chi connectivity index (χ1) is 9.51. The maximum Gasteiger partial charge on any atom is 0.257 e. The molecule has 3 N–H and O–H groups in total. The number of nitrogens with two attached hydrogens (primary N) is 1. The van der Waals surface area contributed by atoms with Crippen LogP contribution in [0.5, 0.6) is 5.75 Å². The van der Waals surface area contributed by atoms with Crippen LogP contribution in [0.4, 0.5) is 20.2 Å². The van der Waals surface area contributed by atoms with Crippen molar-refractivity contribution in [3.8, 4) is 5.75 Å². The normalized spacial score (nSPS) is 10.2. The number of ether oxygens (including phenoxy) is 1. The van der Waals surface area contributed by atoms with Gasteiger partial charge in [0, 0.05) is 17.4 Å². The molecular formula is C14H12F2N2O2. The maximum absolute atomic E-state index is 13.1. The van der Waals surface area contributed by atoms with Crippen LogP contribution in [0.2, 0.25) is 0 Å². The van der Waals surface area contributed by atoms with Gasteiger partial charge < -0.3 is 15.8 Å². The van der Waals surface area contributed by atoms with E-state index in [1.165, 1.54) is 7.11 Å². The van der Waals surface area contributed by atoms with Crippen molar-refractivity contribution in [2.45, 2.75) is 0 Å². The van der Waals surface area contributed by atoms with Gasteiger partial charge in [0.1, 0.15) is 5.75 Å². The van der Waals surface area contributed by atoms with E-state index in [0.717, 1.165) is 12.1 Å². The van der Waals surface area contributed by atoms with Crippen LogP contribution in [0.3, 0.4) is 0 Å². The number of hydrogen-bond acceptors (Lipinski definition) is 3. The summed E-state index contributed by atoms with van der Waals surface area (Å²) in [6, 6.07) is 8.09. The molecule has 104 valence electrons. The summed E-state index contributed by atoms with van der Waals surface area (Å²) in [5, 5.41) is 2.53. The third-order valence-electron chi connectivity index (χ3n) is 2.68. The van der Waals surface area contributed by atoms with Crippen LogP contribution in [-0.2, 0) is 0 Å². The van der Waals surface area contributed by atoms with E-state index in [4.69, 9.17) is 10.5 Å². The molecule has 0 spiro atoms. The van der Waals surface area contributed by atoms with Crippen LogP contribution in [0.15, 0.2) is 36.4 Å². The summed E-state index contributed by atoms with van der Waals surface area (Å²) >= 11 is 0. The van der Waals surface area contributed by atoms with Gasteiger partial charge in [0.25, 0.3) is 5.91 Å². The number of nitrogens with one attached hydrogen (secondary N) is 1. The molecule has 0 aromatic heterocycles. The summed E-state index contributed by atoms with van der Waals surface area (Å²) in [5.74, 6) is -2.20. The number of benzene rings is 2. The molecule has 0 heterocycles. The summed E-state index contributed by atoms with van der Waals surface area (Å²) < 4.78 is 31.0. The molecule has 6 heteroatoms. The van der Waals surface area contributed by atoms with E-state index >= 15 is 0 Å². The van der Waals surface area contributed by atoms with Crippen LogP contribution in [0, 0.1) is 11.6 Å². The average Bonchev–Trinajstić information content (AvgIpc) is 2.43. The van der Waals surface area contributed by atoms with Crippen molar-refractivity contribution >= 4 is 17.3 Å². The molecule has 2 aromatic rings. The Morgan fingerprint density at radius 1 is 1.15 bits per heavy atom. The van der Waals surface area contributed by atoms with E-state index < -0.39 is 17.5 Å². The first-order valence-electron chi connectivity index (χ1n) is 5.71. The summed E-state index contributed by atoms with van der Waals surface area (Å²) in [5.41, 5.74) is 5.73. The van der Waals surface area contributed by atoms with Crippen LogP contribution >= 0.6 is 0 Å². The Kier molecular flexibility index (Phi) is 3.84. The molecule has 2 aromatic carbocycles. The molecule has 2 rings (SSSR count). The van der Waals surface area contributed by atoms with Gasteiger partial charge in [-0.3, -0.25) is 4.79 Å². The molecule has 0 fully saturated rings. The topological polar surface area (TPSA) is 64.3 Å². The van der Waals surface area contributed by atoms with Gasteiger partial charge in [-0.25, -0.2) is 8.78 Å². The molecule has 0 aliphatic carbocycles. The van der Waals surface area contributed by atoms with Crippen molar-refractivity contribution < 1.29 is 18.3 Å². The second-order valence-corrected chi connectivity index (χ2v) is 4.04. The van der Waals surface area contributed by atoms with E-state index in [0.29, 0.717) is 11.4 Å². The Morgan fingerprint density at radius 3 is 2.35 bits per heavy atom. The number of hydrogen-bond donors (Lipinski definition) is 2. The minimum Gasteiger partial charge on any atom is -0.497 e. The Balaban J connectivity index is 2.21. The van der Waals surface area contributed by atoms with Crippen molar-refractivity contribution in [1.29, 1.82) is 0 Å². The van der Waals surface area contributed by atoms with E-state index in [2.05, 4.69) is 5.32 Å². The number of halogens is 2. The van der Waals surface area contributed by atoms with Crippen molar-refractivity contribution in [2.75, 3.05) is 18.2 Å². The Morgan fingerprint density at radius 2 is 1.75 bits per heavy atom. The molecule has 4 nitrogen and oxygen atoms in total. The van der Waals surface area contributed by atoms with Crippen LogP contribution in [-0.4, -0.2) is 13.0 Å². The SMILES string of the molecule is COc1ccc(NC(=O)c2cc(F)c(F)cc2N)cc1.